The smallest absolute Gasteiger partial charge is 0.255 e. The number of rotatable bonds is 12. The molecular formula is C28H40FNO. The van der Waals surface area contributed by atoms with Gasteiger partial charge in [-0.2, -0.15) is 4.39 Å². The van der Waals surface area contributed by atoms with Gasteiger partial charge in [0.1, 0.15) is 0 Å². The van der Waals surface area contributed by atoms with E-state index < -0.39 is 5.95 Å². The fraction of sp³-hybridized carbons (Fsp3) is 0.607. The predicted molar refractivity (Wildman–Crippen MR) is 128 cm³/mol. The van der Waals surface area contributed by atoms with E-state index in [0.717, 1.165) is 24.3 Å². The normalized spacial score (nSPS) is 18.8. The maximum atomic E-state index is 14.4. The van der Waals surface area contributed by atoms with Crippen LogP contribution in [0.2, 0.25) is 0 Å². The van der Waals surface area contributed by atoms with Gasteiger partial charge in [0, 0.05) is 5.56 Å². The van der Waals surface area contributed by atoms with Gasteiger partial charge in [-0.3, -0.25) is 0 Å². The third kappa shape index (κ3) is 7.33. The molecule has 3 heteroatoms. The van der Waals surface area contributed by atoms with Crippen molar-refractivity contribution >= 4 is 0 Å². The van der Waals surface area contributed by atoms with E-state index in [0.29, 0.717) is 18.2 Å². The van der Waals surface area contributed by atoms with Gasteiger partial charge in [-0.05, 0) is 61.6 Å². The SMILES string of the molecule is CCCCCCOc1ccc(-c2ccc(C3CCC(CCCCC)CC3)cc2)nc1F. The molecule has 1 fully saturated rings. The minimum absolute atomic E-state index is 0.257. The quantitative estimate of drug-likeness (QED) is 0.250. The Morgan fingerprint density at radius 2 is 1.55 bits per heavy atom. The van der Waals surface area contributed by atoms with Crippen LogP contribution >= 0.6 is 0 Å². The maximum absolute atomic E-state index is 14.4. The summed E-state index contributed by atoms with van der Waals surface area (Å²) in [6, 6.07) is 12.2. The summed E-state index contributed by atoms with van der Waals surface area (Å²) in [4.78, 5) is 4.15. The number of hydrogen-bond acceptors (Lipinski definition) is 2. The Morgan fingerprint density at radius 1 is 0.839 bits per heavy atom. The lowest BCUT2D eigenvalue weighted by atomic mass is 9.77. The molecule has 1 aromatic carbocycles. The number of halogens is 1. The lowest BCUT2D eigenvalue weighted by molar-refractivity contribution is 0.286. The molecule has 2 aromatic rings. The van der Waals surface area contributed by atoms with E-state index >= 15 is 0 Å². The molecule has 0 aliphatic heterocycles. The largest absolute Gasteiger partial charge is 0.489 e. The second kappa shape index (κ2) is 12.8. The average Bonchev–Trinajstić information content (AvgIpc) is 2.80. The molecule has 0 amide bonds. The number of ether oxygens (including phenoxy) is 1. The third-order valence-corrected chi connectivity index (χ3v) is 6.81. The highest BCUT2D eigenvalue weighted by molar-refractivity contribution is 5.60. The van der Waals surface area contributed by atoms with Crippen molar-refractivity contribution in [2.24, 2.45) is 5.92 Å². The van der Waals surface area contributed by atoms with Crippen molar-refractivity contribution in [1.82, 2.24) is 4.98 Å². The van der Waals surface area contributed by atoms with Crippen LogP contribution in [0.15, 0.2) is 36.4 Å². The van der Waals surface area contributed by atoms with Crippen LogP contribution in [0.4, 0.5) is 4.39 Å². The second-order valence-electron chi connectivity index (χ2n) is 9.23. The molecule has 0 saturated heterocycles. The van der Waals surface area contributed by atoms with Crippen molar-refractivity contribution < 1.29 is 9.13 Å². The lowest BCUT2D eigenvalue weighted by Crippen LogP contribution is -2.13. The summed E-state index contributed by atoms with van der Waals surface area (Å²) in [7, 11) is 0. The molecule has 2 nitrogen and oxygen atoms in total. The standard InChI is InChI=1S/C28H40FNO/c1-3-5-7-9-21-31-27-20-19-26(30-28(27)29)25-17-15-24(16-18-25)23-13-11-22(12-14-23)10-8-6-4-2/h15-20,22-23H,3-14,21H2,1-2H3. The molecule has 1 aliphatic carbocycles. The van der Waals surface area contributed by atoms with Gasteiger partial charge in [-0.15, -0.1) is 0 Å². The van der Waals surface area contributed by atoms with Gasteiger partial charge >= 0.3 is 0 Å². The summed E-state index contributed by atoms with van der Waals surface area (Å²) in [5.74, 6) is 1.34. The lowest BCUT2D eigenvalue weighted by Gasteiger charge is -2.29. The fourth-order valence-corrected chi connectivity index (χ4v) is 4.79. The molecular weight excluding hydrogens is 385 g/mol. The number of unbranched alkanes of at least 4 members (excludes halogenated alkanes) is 5. The molecule has 1 heterocycles. The Morgan fingerprint density at radius 3 is 2.23 bits per heavy atom. The minimum Gasteiger partial charge on any atom is -0.489 e. The zero-order valence-corrected chi connectivity index (χ0v) is 19.5. The highest BCUT2D eigenvalue weighted by Crippen LogP contribution is 2.38. The number of aromatic nitrogens is 1. The highest BCUT2D eigenvalue weighted by Gasteiger charge is 2.22. The van der Waals surface area contributed by atoms with Crippen molar-refractivity contribution in [1.29, 1.82) is 0 Å². The summed E-state index contributed by atoms with van der Waals surface area (Å²) in [6.07, 6.45) is 15.3. The van der Waals surface area contributed by atoms with Crippen LogP contribution in [-0.4, -0.2) is 11.6 Å². The molecule has 0 radical (unpaired) electrons. The highest BCUT2D eigenvalue weighted by atomic mass is 19.1. The molecule has 0 bridgehead atoms. The van der Waals surface area contributed by atoms with Crippen molar-refractivity contribution in [3.05, 3.63) is 47.9 Å². The Kier molecular flexibility index (Phi) is 9.84. The van der Waals surface area contributed by atoms with Crippen LogP contribution in [0.3, 0.4) is 0 Å². The third-order valence-electron chi connectivity index (χ3n) is 6.81. The Bertz CT molecular complexity index is 765. The first-order chi connectivity index (χ1) is 15.2. The van der Waals surface area contributed by atoms with E-state index in [2.05, 4.69) is 43.1 Å². The summed E-state index contributed by atoms with van der Waals surface area (Å²) in [5.41, 5.74) is 3.05. The first-order valence-electron chi connectivity index (χ1n) is 12.6. The van der Waals surface area contributed by atoms with E-state index in [4.69, 9.17) is 4.74 Å². The molecule has 0 spiro atoms. The first-order valence-corrected chi connectivity index (χ1v) is 12.6. The van der Waals surface area contributed by atoms with E-state index in [1.807, 2.05) is 6.07 Å². The number of nitrogens with zero attached hydrogens (tertiary/aromatic N) is 1. The Labute approximate surface area is 188 Å². The fourth-order valence-electron chi connectivity index (χ4n) is 4.79. The molecule has 0 N–H and O–H groups in total. The van der Waals surface area contributed by atoms with E-state index in [-0.39, 0.29) is 5.75 Å². The Balaban J connectivity index is 1.51. The second-order valence-corrected chi connectivity index (χ2v) is 9.23. The molecule has 0 atom stereocenters. The summed E-state index contributed by atoms with van der Waals surface area (Å²) in [5, 5.41) is 0. The first kappa shape index (κ1) is 23.8. The average molecular weight is 426 g/mol. The molecule has 170 valence electrons. The van der Waals surface area contributed by atoms with Crippen LogP contribution < -0.4 is 4.74 Å². The monoisotopic (exact) mass is 425 g/mol. The van der Waals surface area contributed by atoms with Crippen molar-refractivity contribution in [2.45, 2.75) is 96.8 Å². The molecule has 1 aromatic heterocycles. The Hall–Kier alpha value is -1.90. The van der Waals surface area contributed by atoms with Crippen LogP contribution in [-0.2, 0) is 0 Å². The molecule has 0 unspecified atom stereocenters. The molecule has 31 heavy (non-hydrogen) atoms. The zero-order chi connectivity index (χ0) is 21.9. The summed E-state index contributed by atoms with van der Waals surface area (Å²) < 4.78 is 20.0. The van der Waals surface area contributed by atoms with Crippen LogP contribution in [0, 0.1) is 11.9 Å². The molecule has 1 aliphatic rings. The van der Waals surface area contributed by atoms with Gasteiger partial charge < -0.3 is 4.74 Å². The summed E-state index contributed by atoms with van der Waals surface area (Å²) in [6.45, 7) is 5.01. The molecule has 3 rings (SSSR count). The van der Waals surface area contributed by atoms with Crippen LogP contribution in [0.25, 0.3) is 11.3 Å². The topological polar surface area (TPSA) is 22.1 Å². The van der Waals surface area contributed by atoms with Crippen molar-refractivity contribution in [2.75, 3.05) is 6.61 Å². The number of hydrogen-bond donors (Lipinski definition) is 0. The van der Waals surface area contributed by atoms with Crippen molar-refractivity contribution in [3.63, 3.8) is 0 Å². The van der Waals surface area contributed by atoms with Gasteiger partial charge in [0.15, 0.2) is 5.75 Å². The van der Waals surface area contributed by atoms with Gasteiger partial charge in [0.2, 0.25) is 0 Å². The zero-order valence-electron chi connectivity index (χ0n) is 19.5. The maximum Gasteiger partial charge on any atom is 0.255 e. The van der Waals surface area contributed by atoms with Gasteiger partial charge in [-0.1, -0.05) is 83.1 Å². The van der Waals surface area contributed by atoms with Gasteiger partial charge in [-0.25, -0.2) is 4.98 Å². The minimum atomic E-state index is -0.515. The summed E-state index contributed by atoms with van der Waals surface area (Å²) >= 11 is 0. The number of pyridine rings is 1. The van der Waals surface area contributed by atoms with Gasteiger partial charge in [0.25, 0.3) is 5.95 Å². The van der Waals surface area contributed by atoms with Crippen LogP contribution in [0.1, 0.15) is 102 Å². The van der Waals surface area contributed by atoms with E-state index in [1.54, 1.807) is 6.07 Å². The molecule has 1 saturated carbocycles. The number of benzene rings is 1. The van der Waals surface area contributed by atoms with Crippen LogP contribution in [0.5, 0.6) is 5.75 Å². The van der Waals surface area contributed by atoms with Gasteiger partial charge in [0.05, 0.1) is 12.3 Å². The predicted octanol–water partition coefficient (Wildman–Crippen LogP) is 8.70. The van der Waals surface area contributed by atoms with E-state index in [1.165, 1.54) is 69.8 Å². The van der Waals surface area contributed by atoms with Crippen molar-refractivity contribution in [3.8, 4) is 17.0 Å². The van der Waals surface area contributed by atoms with E-state index in [9.17, 15) is 4.39 Å².